The predicted molar refractivity (Wildman–Crippen MR) is 73.0 cm³/mol. The lowest BCUT2D eigenvalue weighted by Gasteiger charge is -2.07. The number of phenols is 1. The fourth-order valence-electron chi connectivity index (χ4n) is 1.72. The summed E-state index contributed by atoms with van der Waals surface area (Å²) in [5.41, 5.74) is 0.639. The number of rotatable bonds is 3. The molecule has 6 heteroatoms. The van der Waals surface area contributed by atoms with Gasteiger partial charge in [0.1, 0.15) is 0 Å². The first-order chi connectivity index (χ1) is 9.06. The van der Waals surface area contributed by atoms with Crippen molar-refractivity contribution in [3.8, 4) is 11.5 Å². The number of carbonyl (C=O) groups is 2. The fourth-order valence-corrected chi connectivity index (χ4v) is 2.62. The number of methoxy groups -OCH3 is 1. The number of imide groups is 1. The van der Waals surface area contributed by atoms with Crippen molar-refractivity contribution < 1.29 is 19.4 Å². The predicted octanol–water partition coefficient (Wildman–Crippen LogP) is 2.46. The zero-order chi connectivity index (χ0) is 14.0. The number of nitrogens with zero attached hydrogens (tertiary/aromatic N) is 1. The van der Waals surface area contributed by atoms with Crippen LogP contribution in [0.1, 0.15) is 12.5 Å². The Labute approximate surface area is 114 Å². The number of ether oxygens (including phenoxy) is 1. The summed E-state index contributed by atoms with van der Waals surface area (Å²) in [7, 11) is 1.46. The molecule has 0 radical (unpaired) electrons. The van der Waals surface area contributed by atoms with Crippen molar-refractivity contribution in [3.05, 3.63) is 28.7 Å². The lowest BCUT2D eigenvalue weighted by atomic mass is 10.2. The first-order valence-electron chi connectivity index (χ1n) is 5.69. The topological polar surface area (TPSA) is 66.8 Å². The van der Waals surface area contributed by atoms with Crippen LogP contribution in [0.5, 0.6) is 11.5 Å². The van der Waals surface area contributed by atoms with Crippen molar-refractivity contribution >= 4 is 29.0 Å². The van der Waals surface area contributed by atoms with Crippen molar-refractivity contribution in [2.75, 3.05) is 13.7 Å². The lowest BCUT2D eigenvalue weighted by Crippen LogP contribution is -2.27. The van der Waals surface area contributed by atoms with Gasteiger partial charge in [-0.05, 0) is 42.5 Å². The number of carbonyl (C=O) groups excluding carboxylic acids is 2. The van der Waals surface area contributed by atoms with E-state index in [0.29, 0.717) is 22.8 Å². The van der Waals surface area contributed by atoms with E-state index >= 15 is 0 Å². The van der Waals surface area contributed by atoms with E-state index in [9.17, 15) is 14.7 Å². The average Bonchev–Trinajstić information content (AvgIpc) is 2.64. The van der Waals surface area contributed by atoms with Crippen LogP contribution in [0.2, 0.25) is 0 Å². The highest BCUT2D eigenvalue weighted by Crippen LogP contribution is 2.33. The van der Waals surface area contributed by atoms with Gasteiger partial charge >= 0.3 is 0 Å². The quantitative estimate of drug-likeness (QED) is 0.861. The number of aromatic hydroxyl groups is 1. The number of benzene rings is 1. The van der Waals surface area contributed by atoms with Crippen LogP contribution < -0.4 is 4.74 Å². The molecule has 1 aromatic rings. The summed E-state index contributed by atoms with van der Waals surface area (Å²) >= 11 is 0.903. The maximum absolute atomic E-state index is 11.9. The Morgan fingerprint density at radius 3 is 2.68 bits per heavy atom. The minimum Gasteiger partial charge on any atom is -0.504 e. The summed E-state index contributed by atoms with van der Waals surface area (Å²) in [6.07, 6.45) is 1.58. The van der Waals surface area contributed by atoms with E-state index < -0.39 is 0 Å². The monoisotopic (exact) mass is 279 g/mol. The molecule has 0 unspecified atom stereocenters. The summed E-state index contributed by atoms with van der Waals surface area (Å²) in [4.78, 5) is 25.0. The molecule has 1 aromatic carbocycles. The van der Waals surface area contributed by atoms with Crippen LogP contribution >= 0.6 is 11.8 Å². The molecular formula is C13H13NO4S. The summed E-state index contributed by atoms with van der Waals surface area (Å²) < 4.78 is 4.94. The van der Waals surface area contributed by atoms with Gasteiger partial charge in [0.05, 0.1) is 12.0 Å². The number of amides is 2. The highest BCUT2D eigenvalue weighted by molar-refractivity contribution is 8.18. The van der Waals surface area contributed by atoms with E-state index in [4.69, 9.17) is 4.74 Å². The molecule has 2 amide bonds. The molecular weight excluding hydrogens is 266 g/mol. The molecule has 2 rings (SSSR count). The van der Waals surface area contributed by atoms with Crippen molar-refractivity contribution in [1.29, 1.82) is 0 Å². The molecule has 0 atom stereocenters. The first-order valence-corrected chi connectivity index (χ1v) is 6.50. The zero-order valence-corrected chi connectivity index (χ0v) is 11.4. The van der Waals surface area contributed by atoms with Crippen molar-refractivity contribution in [2.24, 2.45) is 0 Å². The Balaban J connectivity index is 2.30. The Bertz CT molecular complexity index is 568. The van der Waals surface area contributed by atoms with Gasteiger partial charge in [-0.1, -0.05) is 6.07 Å². The standard InChI is InChI=1S/C13H13NO4S/c1-3-14-12(16)11(19-13(14)17)7-8-4-5-10(18-2)9(15)6-8/h4-7,15H,3H2,1-2H3. The van der Waals surface area contributed by atoms with Crippen molar-refractivity contribution in [1.82, 2.24) is 4.90 Å². The number of hydrogen-bond acceptors (Lipinski definition) is 5. The second-order valence-electron chi connectivity index (χ2n) is 3.86. The fraction of sp³-hybridized carbons (Fsp3) is 0.231. The van der Waals surface area contributed by atoms with E-state index in [2.05, 4.69) is 0 Å². The SMILES string of the molecule is CCN1C(=O)SC(=Cc2ccc(OC)c(O)c2)C1=O. The van der Waals surface area contributed by atoms with Gasteiger partial charge in [0.15, 0.2) is 11.5 Å². The molecule has 0 aliphatic carbocycles. The number of thioether (sulfide) groups is 1. The average molecular weight is 279 g/mol. The number of hydrogen-bond donors (Lipinski definition) is 1. The zero-order valence-electron chi connectivity index (χ0n) is 10.5. The van der Waals surface area contributed by atoms with Gasteiger partial charge in [-0.15, -0.1) is 0 Å². The van der Waals surface area contributed by atoms with E-state index in [1.165, 1.54) is 18.1 Å². The largest absolute Gasteiger partial charge is 0.504 e. The molecule has 5 nitrogen and oxygen atoms in total. The van der Waals surface area contributed by atoms with E-state index in [0.717, 1.165) is 11.8 Å². The molecule has 1 N–H and O–H groups in total. The Morgan fingerprint density at radius 2 is 2.16 bits per heavy atom. The highest BCUT2D eigenvalue weighted by Gasteiger charge is 2.33. The van der Waals surface area contributed by atoms with Crippen LogP contribution in [-0.4, -0.2) is 34.8 Å². The molecule has 0 bridgehead atoms. The van der Waals surface area contributed by atoms with Crippen LogP contribution in [-0.2, 0) is 4.79 Å². The summed E-state index contributed by atoms with van der Waals surface area (Å²) in [6, 6.07) is 4.79. The lowest BCUT2D eigenvalue weighted by molar-refractivity contribution is -0.122. The van der Waals surface area contributed by atoms with Crippen molar-refractivity contribution in [2.45, 2.75) is 6.92 Å². The Morgan fingerprint density at radius 1 is 1.42 bits per heavy atom. The van der Waals surface area contributed by atoms with Crippen LogP contribution in [0.4, 0.5) is 4.79 Å². The summed E-state index contributed by atoms with van der Waals surface area (Å²) in [6.45, 7) is 2.11. The third-order valence-corrected chi connectivity index (χ3v) is 3.60. The van der Waals surface area contributed by atoms with Crippen LogP contribution in [0, 0.1) is 0 Å². The van der Waals surface area contributed by atoms with Gasteiger partial charge in [-0.3, -0.25) is 14.5 Å². The molecule has 1 heterocycles. The minimum atomic E-state index is -0.298. The maximum atomic E-state index is 11.9. The molecule has 1 fully saturated rings. The van der Waals surface area contributed by atoms with E-state index in [1.807, 2.05) is 0 Å². The second kappa shape index (κ2) is 5.36. The third kappa shape index (κ3) is 2.58. The Kier molecular flexibility index (Phi) is 3.80. The molecule has 1 aliphatic rings. The van der Waals surface area contributed by atoms with Gasteiger partial charge < -0.3 is 9.84 Å². The molecule has 1 aliphatic heterocycles. The first kappa shape index (κ1) is 13.5. The molecule has 0 saturated carbocycles. The summed E-state index contributed by atoms with van der Waals surface area (Å²) in [5.74, 6) is 0.0533. The van der Waals surface area contributed by atoms with Gasteiger partial charge in [-0.25, -0.2) is 0 Å². The van der Waals surface area contributed by atoms with E-state index in [-0.39, 0.29) is 16.9 Å². The summed E-state index contributed by atoms with van der Waals surface area (Å²) in [5, 5.41) is 9.39. The maximum Gasteiger partial charge on any atom is 0.293 e. The van der Waals surface area contributed by atoms with Crippen LogP contribution in [0.15, 0.2) is 23.1 Å². The molecule has 19 heavy (non-hydrogen) atoms. The smallest absolute Gasteiger partial charge is 0.293 e. The van der Waals surface area contributed by atoms with Crippen molar-refractivity contribution in [3.63, 3.8) is 0 Å². The van der Waals surface area contributed by atoms with Crippen LogP contribution in [0.25, 0.3) is 6.08 Å². The molecule has 100 valence electrons. The number of likely N-dealkylation sites (N-methyl/N-ethyl adjacent to an activating group) is 1. The van der Waals surface area contributed by atoms with E-state index in [1.54, 1.807) is 25.1 Å². The highest BCUT2D eigenvalue weighted by atomic mass is 32.2. The number of phenolic OH excluding ortho intramolecular Hbond substituents is 1. The van der Waals surface area contributed by atoms with Gasteiger partial charge in [0.2, 0.25) is 0 Å². The van der Waals surface area contributed by atoms with Crippen LogP contribution in [0.3, 0.4) is 0 Å². The van der Waals surface area contributed by atoms with Gasteiger partial charge in [0.25, 0.3) is 11.1 Å². The van der Waals surface area contributed by atoms with Gasteiger partial charge in [0, 0.05) is 6.54 Å². The third-order valence-electron chi connectivity index (χ3n) is 2.69. The molecule has 0 spiro atoms. The molecule has 0 aromatic heterocycles. The minimum absolute atomic E-state index is 0.00836. The van der Waals surface area contributed by atoms with Gasteiger partial charge in [-0.2, -0.15) is 0 Å². The second-order valence-corrected chi connectivity index (χ2v) is 4.85. The normalized spacial score (nSPS) is 17.4. The Hall–Kier alpha value is -1.95. The molecule has 1 saturated heterocycles.